The third-order valence-corrected chi connectivity index (χ3v) is 3.95. The first-order valence-corrected chi connectivity index (χ1v) is 8.00. The van der Waals surface area contributed by atoms with Crippen molar-refractivity contribution in [2.75, 3.05) is 6.54 Å². The van der Waals surface area contributed by atoms with Crippen LogP contribution in [-0.2, 0) is 13.0 Å². The minimum Gasteiger partial charge on any atom is -0.338 e. The van der Waals surface area contributed by atoms with Crippen LogP contribution in [0.3, 0.4) is 0 Å². The molecule has 23 heavy (non-hydrogen) atoms. The lowest BCUT2D eigenvalue weighted by Crippen LogP contribution is -2.16. The van der Waals surface area contributed by atoms with Gasteiger partial charge < -0.3 is 9.84 Å². The fourth-order valence-electron chi connectivity index (χ4n) is 2.49. The molecule has 4 rings (SSSR count). The van der Waals surface area contributed by atoms with E-state index in [0.29, 0.717) is 18.4 Å². The van der Waals surface area contributed by atoms with Crippen LogP contribution >= 0.6 is 0 Å². The highest BCUT2D eigenvalue weighted by molar-refractivity contribution is 5.30. The third kappa shape index (κ3) is 3.48. The second kappa shape index (κ2) is 6.34. The summed E-state index contributed by atoms with van der Waals surface area (Å²) in [4.78, 5) is 4.40. The van der Waals surface area contributed by atoms with Gasteiger partial charge in [-0.1, -0.05) is 23.4 Å². The number of hydrogen-bond donors (Lipinski definition) is 1. The Hall–Kier alpha value is -2.47. The molecule has 0 aliphatic heterocycles. The number of rotatable bonds is 7. The maximum absolute atomic E-state index is 5.24. The summed E-state index contributed by atoms with van der Waals surface area (Å²) in [7, 11) is 0. The number of nitrogens with one attached hydrogen (secondary N) is 1. The predicted octanol–water partition coefficient (Wildman–Crippen LogP) is 2.47. The summed E-state index contributed by atoms with van der Waals surface area (Å²) in [6.07, 6.45) is 7.27. The molecule has 0 saturated heterocycles. The SMILES string of the molecule is c1ccc(-n2cc(CCNCc3nc(C4CC4)no3)cn2)cc1. The summed E-state index contributed by atoms with van der Waals surface area (Å²) >= 11 is 0. The van der Waals surface area contributed by atoms with Crippen LogP contribution in [0.4, 0.5) is 0 Å². The minimum atomic E-state index is 0.538. The Kier molecular flexibility index (Phi) is 3.90. The third-order valence-electron chi connectivity index (χ3n) is 3.95. The maximum Gasteiger partial charge on any atom is 0.240 e. The molecule has 1 N–H and O–H groups in total. The van der Waals surface area contributed by atoms with E-state index in [1.165, 1.54) is 18.4 Å². The standard InChI is InChI=1S/C17H19N5O/c1-2-4-15(5-3-1)22-12-13(10-19-22)8-9-18-11-16-20-17(21-23-16)14-6-7-14/h1-5,10,12,14,18H,6-9,11H2. The van der Waals surface area contributed by atoms with Gasteiger partial charge in [-0.2, -0.15) is 10.1 Å². The van der Waals surface area contributed by atoms with Gasteiger partial charge in [0.1, 0.15) is 0 Å². The molecule has 1 aliphatic rings. The molecule has 3 aromatic rings. The number of hydrogen-bond acceptors (Lipinski definition) is 5. The monoisotopic (exact) mass is 309 g/mol. The average Bonchev–Trinajstić information content (AvgIpc) is 3.15. The van der Waals surface area contributed by atoms with Gasteiger partial charge >= 0.3 is 0 Å². The fraction of sp³-hybridized carbons (Fsp3) is 0.353. The average molecular weight is 309 g/mol. The Morgan fingerprint density at radius 1 is 1.22 bits per heavy atom. The second-order valence-electron chi connectivity index (χ2n) is 5.88. The molecule has 1 fully saturated rings. The fourth-order valence-corrected chi connectivity index (χ4v) is 2.49. The van der Waals surface area contributed by atoms with Crippen LogP contribution in [0.1, 0.15) is 36.0 Å². The Bertz CT molecular complexity index is 760. The van der Waals surface area contributed by atoms with E-state index < -0.39 is 0 Å². The van der Waals surface area contributed by atoms with Gasteiger partial charge in [-0.25, -0.2) is 4.68 Å². The Balaban J connectivity index is 1.25. The molecule has 118 valence electrons. The van der Waals surface area contributed by atoms with Crippen LogP contribution in [0.2, 0.25) is 0 Å². The molecular weight excluding hydrogens is 290 g/mol. The van der Waals surface area contributed by atoms with Crippen LogP contribution in [0.5, 0.6) is 0 Å². The molecule has 0 spiro atoms. The van der Waals surface area contributed by atoms with Crippen molar-refractivity contribution < 1.29 is 4.52 Å². The predicted molar refractivity (Wildman–Crippen MR) is 85.2 cm³/mol. The summed E-state index contributed by atoms with van der Waals surface area (Å²) in [6, 6.07) is 10.1. The van der Waals surface area contributed by atoms with Crippen molar-refractivity contribution in [3.05, 3.63) is 60.0 Å². The molecule has 0 atom stereocenters. The van der Waals surface area contributed by atoms with E-state index in [2.05, 4.69) is 26.8 Å². The highest BCUT2D eigenvalue weighted by atomic mass is 16.5. The maximum atomic E-state index is 5.24. The van der Waals surface area contributed by atoms with E-state index in [1.807, 2.05) is 41.2 Å². The van der Waals surface area contributed by atoms with E-state index in [0.717, 1.165) is 24.5 Å². The minimum absolute atomic E-state index is 0.538. The van der Waals surface area contributed by atoms with Crippen molar-refractivity contribution in [3.8, 4) is 5.69 Å². The quantitative estimate of drug-likeness (QED) is 0.679. The van der Waals surface area contributed by atoms with Gasteiger partial charge in [0.05, 0.1) is 18.4 Å². The molecule has 0 amide bonds. The summed E-state index contributed by atoms with van der Waals surface area (Å²) in [6.45, 7) is 1.47. The first kappa shape index (κ1) is 14.1. The number of benzene rings is 1. The largest absolute Gasteiger partial charge is 0.338 e. The van der Waals surface area contributed by atoms with Crippen molar-refractivity contribution in [3.63, 3.8) is 0 Å². The number of nitrogens with zero attached hydrogens (tertiary/aromatic N) is 4. The van der Waals surface area contributed by atoms with Crippen molar-refractivity contribution >= 4 is 0 Å². The number of para-hydroxylation sites is 1. The zero-order chi connectivity index (χ0) is 15.5. The van der Waals surface area contributed by atoms with Crippen molar-refractivity contribution in [2.24, 2.45) is 0 Å². The Morgan fingerprint density at radius 2 is 2.09 bits per heavy atom. The summed E-state index contributed by atoms with van der Waals surface area (Å²) in [5.41, 5.74) is 2.27. The van der Waals surface area contributed by atoms with Gasteiger partial charge in [0.2, 0.25) is 5.89 Å². The molecule has 2 aromatic heterocycles. The molecule has 1 aliphatic carbocycles. The van der Waals surface area contributed by atoms with Crippen LogP contribution in [0.25, 0.3) is 5.69 Å². The van der Waals surface area contributed by atoms with Gasteiger partial charge in [0.25, 0.3) is 0 Å². The lowest BCUT2D eigenvalue weighted by molar-refractivity contribution is 0.363. The summed E-state index contributed by atoms with van der Waals surface area (Å²) < 4.78 is 7.14. The molecule has 1 aromatic carbocycles. The summed E-state index contributed by atoms with van der Waals surface area (Å²) in [5.74, 6) is 2.08. The summed E-state index contributed by atoms with van der Waals surface area (Å²) in [5, 5.41) is 11.8. The smallest absolute Gasteiger partial charge is 0.240 e. The molecule has 0 bridgehead atoms. The van der Waals surface area contributed by atoms with Gasteiger partial charge in [-0.05, 0) is 43.5 Å². The Morgan fingerprint density at radius 3 is 2.91 bits per heavy atom. The van der Waals surface area contributed by atoms with E-state index in [4.69, 9.17) is 4.52 Å². The van der Waals surface area contributed by atoms with E-state index >= 15 is 0 Å². The normalized spacial score (nSPS) is 14.3. The lowest BCUT2D eigenvalue weighted by atomic mass is 10.2. The molecule has 0 unspecified atom stereocenters. The molecule has 1 saturated carbocycles. The van der Waals surface area contributed by atoms with Crippen LogP contribution < -0.4 is 5.32 Å². The van der Waals surface area contributed by atoms with Gasteiger partial charge in [-0.15, -0.1) is 0 Å². The van der Waals surface area contributed by atoms with Crippen molar-refractivity contribution in [2.45, 2.75) is 31.7 Å². The highest BCUT2D eigenvalue weighted by Crippen LogP contribution is 2.37. The van der Waals surface area contributed by atoms with Crippen molar-refractivity contribution in [1.29, 1.82) is 0 Å². The van der Waals surface area contributed by atoms with Gasteiger partial charge in [0, 0.05) is 12.1 Å². The van der Waals surface area contributed by atoms with Crippen molar-refractivity contribution in [1.82, 2.24) is 25.2 Å². The van der Waals surface area contributed by atoms with Gasteiger partial charge in [0.15, 0.2) is 5.82 Å². The lowest BCUT2D eigenvalue weighted by Gasteiger charge is -2.00. The number of aromatic nitrogens is 4. The van der Waals surface area contributed by atoms with E-state index in [1.54, 1.807) is 0 Å². The topological polar surface area (TPSA) is 68.8 Å². The van der Waals surface area contributed by atoms with Crippen LogP contribution in [0, 0.1) is 0 Å². The van der Waals surface area contributed by atoms with E-state index in [9.17, 15) is 0 Å². The van der Waals surface area contributed by atoms with Crippen LogP contribution in [-0.4, -0.2) is 26.5 Å². The Labute approximate surface area is 134 Å². The van der Waals surface area contributed by atoms with E-state index in [-0.39, 0.29) is 0 Å². The first-order chi connectivity index (χ1) is 11.4. The molecule has 6 heteroatoms. The molecular formula is C17H19N5O. The second-order valence-corrected chi connectivity index (χ2v) is 5.88. The molecule has 6 nitrogen and oxygen atoms in total. The molecule has 0 radical (unpaired) electrons. The molecule has 2 heterocycles. The van der Waals surface area contributed by atoms with Gasteiger partial charge in [-0.3, -0.25) is 0 Å². The zero-order valence-electron chi connectivity index (χ0n) is 12.9. The highest BCUT2D eigenvalue weighted by Gasteiger charge is 2.28. The van der Waals surface area contributed by atoms with Crippen LogP contribution in [0.15, 0.2) is 47.2 Å². The zero-order valence-corrected chi connectivity index (χ0v) is 12.9. The first-order valence-electron chi connectivity index (χ1n) is 8.00.